The fraction of sp³-hybridized carbons (Fsp3) is 0.450. The van der Waals surface area contributed by atoms with E-state index in [1.807, 2.05) is 6.08 Å². The molecule has 1 fully saturated rings. The lowest BCUT2D eigenvalue weighted by atomic mass is 9.86. The molecule has 1 aromatic rings. The van der Waals surface area contributed by atoms with Gasteiger partial charge in [0.2, 0.25) is 0 Å². The van der Waals surface area contributed by atoms with Gasteiger partial charge >= 0.3 is 6.18 Å². The first kappa shape index (κ1) is 22.0. The quantitative estimate of drug-likeness (QED) is 0.591. The van der Waals surface area contributed by atoms with Crippen molar-refractivity contribution in [1.29, 1.82) is 0 Å². The molecule has 0 radical (unpaired) electrons. The third kappa shape index (κ3) is 3.97. The lowest BCUT2D eigenvalue weighted by Crippen LogP contribution is -2.65. The van der Waals surface area contributed by atoms with Crippen molar-refractivity contribution in [3.63, 3.8) is 0 Å². The average Bonchev–Trinajstić information content (AvgIpc) is 2.70. The van der Waals surface area contributed by atoms with Gasteiger partial charge in [-0.15, -0.1) is 0 Å². The van der Waals surface area contributed by atoms with Crippen molar-refractivity contribution in [2.45, 2.75) is 31.5 Å². The van der Waals surface area contributed by atoms with Crippen molar-refractivity contribution in [2.24, 2.45) is 0 Å². The molecule has 2 amide bonds. The Morgan fingerprint density at radius 2 is 2.10 bits per heavy atom. The summed E-state index contributed by atoms with van der Waals surface area (Å²) in [5.74, 6) is -1.28. The number of halogens is 3. The number of pyridine rings is 1. The Morgan fingerprint density at radius 1 is 1.37 bits per heavy atom. The minimum absolute atomic E-state index is 0.149. The van der Waals surface area contributed by atoms with Gasteiger partial charge in [-0.3, -0.25) is 19.5 Å². The van der Waals surface area contributed by atoms with E-state index in [1.165, 1.54) is 20.0 Å². The number of aromatic nitrogens is 1. The van der Waals surface area contributed by atoms with Gasteiger partial charge in [-0.1, -0.05) is 12.1 Å². The lowest BCUT2D eigenvalue weighted by molar-refractivity contribution is -0.162. The highest BCUT2D eigenvalue weighted by atomic mass is 19.4. The first-order valence-corrected chi connectivity index (χ1v) is 9.30. The van der Waals surface area contributed by atoms with Crippen LogP contribution in [0.1, 0.15) is 31.0 Å². The minimum atomic E-state index is -4.73. The van der Waals surface area contributed by atoms with E-state index >= 15 is 0 Å². The van der Waals surface area contributed by atoms with Gasteiger partial charge < -0.3 is 14.7 Å². The second-order valence-corrected chi connectivity index (χ2v) is 7.36. The fourth-order valence-corrected chi connectivity index (χ4v) is 3.73. The van der Waals surface area contributed by atoms with Gasteiger partial charge in [0.1, 0.15) is 18.0 Å². The van der Waals surface area contributed by atoms with E-state index in [0.717, 1.165) is 33.7 Å². The predicted octanol–water partition coefficient (Wildman–Crippen LogP) is 2.19. The molecule has 1 saturated heterocycles. The molecule has 162 valence electrons. The molecular formula is C20H22F3N3O4. The number of alkyl halides is 3. The zero-order valence-corrected chi connectivity index (χ0v) is 16.6. The third-order valence-electron chi connectivity index (χ3n) is 5.28. The molecule has 0 aliphatic carbocycles. The number of carbonyl (C=O) groups is 2. The Morgan fingerprint density at radius 3 is 2.70 bits per heavy atom. The first-order valence-electron chi connectivity index (χ1n) is 9.30. The Balaban J connectivity index is 2.02. The van der Waals surface area contributed by atoms with Crippen LogP contribution >= 0.6 is 0 Å². The van der Waals surface area contributed by atoms with Crippen LogP contribution in [-0.4, -0.2) is 64.2 Å². The minimum Gasteiger partial charge on any atom is -0.377 e. The van der Waals surface area contributed by atoms with E-state index in [2.05, 4.69) is 4.98 Å². The molecule has 2 aliphatic heterocycles. The molecule has 0 spiro atoms. The lowest BCUT2D eigenvalue weighted by Gasteiger charge is -2.47. The van der Waals surface area contributed by atoms with Crippen molar-refractivity contribution < 1.29 is 32.6 Å². The maximum absolute atomic E-state index is 13.3. The van der Waals surface area contributed by atoms with E-state index < -0.39 is 36.0 Å². The largest absolute Gasteiger partial charge is 0.433 e. The zero-order chi connectivity index (χ0) is 22.1. The van der Waals surface area contributed by atoms with Crippen molar-refractivity contribution in [3.05, 3.63) is 46.9 Å². The molecule has 30 heavy (non-hydrogen) atoms. The van der Waals surface area contributed by atoms with Gasteiger partial charge in [-0.2, -0.15) is 13.2 Å². The number of piperazine rings is 1. The first-order chi connectivity index (χ1) is 14.1. The number of hydrogen-bond acceptors (Lipinski definition) is 5. The summed E-state index contributed by atoms with van der Waals surface area (Å²) < 4.78 is 45.2. The summed E-state index contributed by atoms with van der Waals surface area (Å²) in [4.78, 5) is 31.6. The second kappa shape index (κ2) is 8.19. The molecule has 0 aromatic carbocycles. The van der Waals surface area contributed by atoms with E-state index in [4.69, 9.17) is 4.74 Å². The molecule has 1 unspecified atom stereocenters. The van der Waals surface area contributed by atoms with Gasteiger partial charge in [-0.25, -0.2) is 0 Å². The summed E-state index contributed by atoms with van der Waals surface area (Å²) in [5.41, 5.74) is -2.38. The molecule has 2 aliphatic rings. The Kier molecular flexibility index (Phi) is 6.00. The molecule has 1 N–H and O–H groups in total. The van der Waals surface area contributed by atoms with Crippen molar-refractivity contribution in [3.8, 4) is 0 Å². The number of amides is 2. The maximum atomic E-state index is 13.3. The summed E-state index contributed by atoms with van der Waals surface area (Å²) in [7, 11) is 1.33. The van der Waals surface area contributed by atoms with Gasteiger partial charge in [0.25, 0.3) is 11.8 Å². The van der Waals surface area contributed by atoms with Crippen LogP contribution in [0.4, 0.5) is 13.2 Å². The summed E-state index contributed by atoms with van der Waals surface area (Å²) >= 11 is 0. The predicted molar refractivity (Wildman–Crippen MR) is 100 cm³/mol. The van der Waals surface area contributed by atoms with Gasteiger partial charge in [0, 0.05) is 25.2 Å². The molecule has 3 rings (SSSR count). The van der Waals surface area contributed by atoms with Crippen LogP contribution in [0.2, 0.25) is 0 Å². The molecular weight excluding hydrogens is 403 g/mol. The summed E-state index contributed by atoms with van der Waals surface area (Å²) in [6, 6.07) is 2.47. The number of rotatable bonds is 4. The second-order valence-electron chi connectivity index (χ2n) is 7.36. The monoisotopic (exact) mass is 425 g/mol. The Hall–Kier alpha value is -2.72. The number of aliphatic hydroxyl groups excluding tert-OH is 1. The van der Waals surface area contributed by atoms with Crippen LogP contribution in [0.25, 0.3) is 6.08 Å². The van der Waals surface area contributed by atoms with Gasteiger partial charge in [-0.05, 0) is 31.1 Å². The van der Waals surface area contributed by atoms with Crippen LogP contribution in [0.3, 0.4) is 0 Å². The van der Waals surface area contributed by atoms with E-state index in [9.17, 15) is 27.9 Å². The molecule has 0 bridgehead atoms. The average molecular weight is 425 g/mol. The molecule has 0 saturated carbocycles. The topological polar surface area (TPSA) is 83.0 Å². The number of ether oxygens (including phenoxy) is 1. The Bertz CT molecular complexity index is 913. The number of hydrogen-bond donors (Lipinski definition) is 1. The Labute approximate surface area is 171 Å². The van der Waals surface area contributed by atoms with E-state index in [-0.39, 0.29) is 17.7 Å². The number of aliphatic hydroxyl groups is 1. The summed E-state index contributed by atoms with van der Waals surface area (Å²) in [5, 5.41) is 9.86. The third-order valence-corrected chi connectivity index (χ3v) is 5.28. The fourth-order valence-electron chi connectivity index (χ4n) is 3.73. The smallest absolute Gasteiger partial charge is 0.377 e. The summed E-state index contributed by atoms with van der Waals surface area (Å²) in [6.07, 6.45) is -0.00265. The number of likely N-dealkylation sites (N-methyl/N-ethyl adjacent to an activating group) is 1. The molecule has 1 atom stereocenters. The van der Waals surface area contributed by atoms with Crippen molar-refractivity contribution in [2.75, 3.05) is 27.0 Å². The van der Waals surface area contributed by atoms with Crippen LogP contribution in [0.15, 0.2) is 35.7 Å². The molecule has 3 heterocycles. The van der Waals surface area contributed by atoms with Crippen LogP contribution in [-0.2, 0) is 20.5 Å². The standard InChI is InChI=1S/C20H22F3N3O4/c1-19(10-13-5-4-8-30-11-13)18(29)25(2)15(17(28)26(19)12-27)9-14-6-3-7-24-16(14)20(21,22)23/h3,5-7,9,27H,4,8,10-12H2,1-2H3/b15-9-. The molecule has 7 nitrogen and oxygen atoms in total. The SMILES string of the molecule is CN1C(=O)C(C)(CC2=CCCOC2)N(CO)C(=O)/C1=C/c1cccnc1C(F)(F)F. The van der Waals surface area contributed by atoms with E-state index in [0.29, 0.717) is 19.6 Å². The van der Waals surface area contributed by atoms with E-state index in [1.54, 1.807) is 0 Å². The number of nitrogens with zero attached hydrogens (tertiary/aromatic N) is 3. The van der Waals surface area contributed by atoms with Crippen LogP contribution in [0, 0.1) is 0 Å². The highest BCUT2D eigenvalue weighted by Crippen LogP contribution is 2.36. The highest BCUT2D eigenvalue weighted by molar-refractivity contribution is 6.08. The maximum Gasteiger partial charge on any atom is 0.433 e. The molecule has 10 heteroatoms. The molecule has 1 aromatic heterocycles. The summed E-state index contributed by atoms with van der Waals surface area (Å²) in [6.45, 7) is 1.64. The van der Waals surface area contributed by atoms with Crippen LogP contribution < -0.4 is 0 Å². The zero-order valence-electron chi connectivity index (χ0n) is 16.6. The van der Waals surface area contributed by atoms with Crippen molar-refractivity contribution in [1.82, 2.24) is 14.8 Å². The van der Waals surface area contributed by atoms with Gasteiger partial charge in [0.05, 0.1) is 13.2 Å². The number of carbonyl (C=O) groups excluding carboxylic acids is 2. The van der Waals surface area contributed by atoms with Crippen molar-refractivity contribution >= 4 is 17.9 Å². The van der Waals surface area contributed by atoms with Gasteiger partial charge in [0.15, 0.2) is 5.69 Å². The highest BCUT2D eigenvalue weighted by Gasteiger charge is 2.50. The normalized spacial score (nSPS) is 24.5. The van der Waals surface area contributed by atoms with Crippen LogP contribution in [0.5, 0.6) is 0 Å².